The summed E-state index contributed by atoms with van der Waals surface area (Å²) in [6.07, 6.45) is 9.10. The summed E-state index contributed by atoms with van der Waals surface area (Å²) >= 11 is 0. The molecule has 31 heavy (non-hydrogen) atoms. The van der Waals surface area contributed by atoms with Gasteiger partial charge in [-0.15, -0.1) is 0 Å². The van der Waals surface area contributed by atoms with Crippen molar-refractivity contribution in [1.82, 2.24) is 9.80 Å². The van der Waals surface area contributed by atoms with Crippen molar-refractivity contribution in [3.05, 3.63) is 0 Å². The van der Waals surface area contributed by atoms with Crippen LogP contribution in [0.3, 0.4) is 0 Å². The van der Waals surface area contributed by atoms with Crippen molar-refractivity contribution in [2.75, 3.05) is 19.4 Å². The fourth-order valence-electron chi connectivity index (χ4n) is 6.21. The quantitative estimate of drug-likeness (QED) is 0.590. The number of nitrogens with zero attached hydrogens (tertiary/aromatic N) is 2. The number of unbranched alkanes of at least 4 members (excludes halogenated alkanes) is 1. The van der Waals surface area contributed by atoms with Gasteiger partial charge in [0.15, 0.2) is 0 Å². The average molecular weight is 457 g/mol. The Kier molecular flexibility index (Phi) is 7.92. The molecular weight excluding hydrogens is 416 g/mol. The molecule has 0 spiro atoms. The van der Waals surface area contributed by atoms with E-state index < -0.39 is 9.84 Å². The molecule has 1 aliphatic heterocycles. The van der Waals surface area contributed by atoms with Crippen molar-refractivity contribution in [3.63, 3.8) is 0 Å². The van der Waals surface area contributed by atoms with Crippen molar-refractivity contribution >= 4 is 21.8 Å². The van der Waals surface area contributed by atoms with Crippen LogP contribution in [-0.4, -0.2) is 73.0 Å². The topological polar surface area (TPSA) is 84.0 Å². The van der Waals surface area contributed by atoms with E-state index in [0.717, 1.165) is 57.8 Å². The predicted molar refractivity (Wildman–Crippen MR) is 120 cm³/mol. The molecule has 1 saturated heterocycles. The van der Waals surface area contributed by atoms with Crippen LogP contribution in [0, 0.1) is 11.8 Å². The summed E-state index contributed by atoms with van der Waals surface area (Å²) in [6, 6.07) is 0.0171. The highest BCUT2D eigenvalue weighted by molar-refractivity contribution is 7.91. The standard InChI is InChI=1S/C23H40N2O5S/c1-5-6-13-30-23(27)24-15-16(2)25(17(3)26)21-12-9-19(14-22(21)24)18-7-10-20(11-8-18)31(4,28)29/h16,18-22H,5-15H2,1-4H3/t16-,18?,19?,20?,21?,22?/m0/s1. The molecule has 0 aromatic heterocycles. The number of ether oxygens (including phenoxy) is 1. The van der Waals surface area contributed by atoms with Gasteiger partial charge in [0.1, 0.15) is 9.84 Å². The Morgan fingerprint density at radius 2 is 1.65 bits per heavy atom. The summed E-state index contributed by atoms with van der Waals surface area (Å²) in [6.45, 7) is 6.66. The first-order valence-electron chi connectivity index (χ1n) is 12.0. The van der Waals surface area contributed by atoms with Crippen molar-refractivity contribution in [3.8, 4) is 0 Å². The van der Waals surface area contributed by atoms with Crippen LogP contribution in [0.2, 0.25) is 0 Å². The van der Waals surface area contributed by atoms with E-state index in [2.05, 4.69) is 6.92 Å². The van der Waals surface area contributed by atoms with Crippen LogP contribution in [0.5, 0.6) is 0 Å². The van der Waals surface area contributed by atoms with Gasteiger partial charge in [-0.3, -0.25) is 4.79 Å². The van der Waals surface area contributed by atoms with E-state index in [9.17, 15) is 18.0 Å². The highest BCUT2D eigenvalue weighted by Crippen LogP contribution is 2.43. The van der Waals surface area contributed by atoms with E-state index in [1.807, 2.05) is 16.7 Å². The summed E-state index contributed by atoms with van der Waals surface area (Å²) in [7, 11) is -2.97. The lowest BCUT2D eigenvalue weighted by Crippen LogP contribution is -2.67. The van der Waals surface area contributed by atoms with E-state index in [-0.39, 0.29) is 35.4 Å². The minimum Gasteiger partial charge on any atom is -0.449 e. The molecule has 3 aliphatic rings. The monoisotopic (exact) mass is 456 g/mol. The number of piperazine rings is 1. The fourth-order valence-corrected chi connectivity index (χ4v) is 7.34. The molecule has 0 radical (unpaired) electrons. The third-order valence-corrected chi connectivity index (χ3v) is 9.51. The number of carbonyl (C=O) groups excluding carboxylic acids is 2. The first-order valence-corrected chi connectivity index (χ1v) is 14.0. The number of amides is 2. The zero-order valence-electron chi connectivity index (χ0n) is 19.6. The van der Waals surface area contributed by atoms with Gasteiger partial charge in [-0.1, -0.05) is 13.3 Å². The molecule has 1 heterocycles. The second-order valence-electron chi connectivity index (χ2n) is 9.97. The Morgan fingerprint density at radius 3 is 2.23 bits per heavy atom. The molecule has 178 valence electrons. The van der Waals surface area contributed by atoms with Crippen LogP contribution < -0.4 is 0 Å². The van der Waals surface area contributed by atoms with Gasteiger partial charge in [0.25, 0.3) is 0 Å². The zero-order chi connectivity index (χ0) is 22.8. The van der Waals surface area contributed by atoms with Gasteiger partial charge in [-0.05, 0) is 70.1 Å². The molecule has 3 unspecified atom stereocenters. The van der Waals surface area contributed by atoms with Gasteiger partial charge in [0.05, 0.1) is 23.9 Å². The predicted octanol–water partition coefficient (Wildman–Crippen LogP) is 3.62. The normalized spacial score (nSPS) is 34.2. The molecule has 0 aromatic rings. The molecular formula is C23H40N2O5S. The molecule has 2 aliphatic carbocycles. The summed E-state index contributed by atoms with van der Waals surface area (Å²) in [5.41, 5.74) is 0. The molecule has 2 amide bonds. The third-order valence-electron chi connectivity index (χ3n) is 7.83. The minimum atomic E-state index is -2.97. The zero-order valence-corrected chi connectivity index (χ0v) is 20.4. The van der Waals surface area contributed by atoms with Crippen molar-refractivity contribution in [2.45, 2.75) is 102 Å². The molecule has 0 aromatic carbocycles. The Bertz CT molecular complexity index is 747. The molecule has 2 saturated carbocycles. The molecule has 3 rings (SSSR count). The first-order chi connectivity index (χ1) is 14.6. The number of fused-ring (bicyclic) bond motifs is 1. The summed E-state index contributed by atoms with van der Waals surface area (Å²) in [5.74, 6) is 1.05. The van der Waals surface area contributed by atoms with Gasteiger partial charge >= 0.3 is 6.09 Å². The lowest BCUT2D eigenvalue weighted by molar-refractivity contribution is -0.142. The maximum atomic E-state index is 12.9. The Morgan fingerprint density at radius 1 is 1.00 bits per heavy atom. The van der Waals surface area contributed by atoms with Gasteiger partial charge in [-0.25, -0.2) is 13.2 Å². The summed E-state index contributed by atoms with van der Waals surface area (Å²) in [4.78, 5) is 29.2. The van der Waals surface area contributed by atoms with Crippen LogP contribution in [0.1, 0.15) is 78.6 Å². The molecule has 8 heteroatoms. The van der Waals surface area contributed by atoms with Gasteiger partial charge < -0.3 is 14.5 Å². The van der Waals surface area contributed by atoms with Crippen LogP contribution in [0.25, 0.3) is 0 Å². The number of hydrogen-bond donors (Lipinski definition) is 0. The van der Waals surface area contributed by atoms with E-state index >= 15 is 0 Å². The lowest BCUT2D eigenvalue weighted by atomic mass is 9.69. The second-order valence-corrected chi connectivity index (χ2v) is 12.3. The van der Waals surface area contributed by atoms with Crippen LogP contribution in [0.4, 0.5) is 4.79 Å². The smallest absolute Gasteiger partial charge is 0.410 e. The minimum absolute atomic E-state index is 0.0133. The Balaban J connectivity index is 1.71. The van der Waals surface area contributed by atoms with Crippen LogP contribution in [0.15, 0.2) is 0 Å². The number of rotatable bonds is 5. The molecule has 0 bridgehead atoms. The second kappa shape index (κ2) is 10.1. The highest BCUT2D eigenvalue weighted by atomic mass is 32.2. The van der Waals surface area contributed by atoms with E-state index in [1.54, 1.807) is 6.92 Å². The SMILES string of the molecule is CCCCOC(=O)N1C[C@H](C)N(C(C)=O)C2CCC(C3CCC(S(C)(=O)=O)CC3)CC21. The van der Waals surface area contributed by atoms with Crippen LogP contribution >= 0.6 is 0 Å². The molecule has 3 fully saturated rings. The molecule has 4 atom stereocenters. The van der Waals surface area contributed by atoms with Crippen LogP contribution in [-0.2, 0) is 19.4 Å². The van der Waals surface area contributed by atoms with Gasteiger partial charge in [0.2, 0.25) is 5.91 Å². The lowest BCUT2D eigenvalue weighted by Gasteiger charge is -2.54. The fraction of sp³-hybridized carbons (Fsp3) is 0.913. The number of hydrogen-bond acceptors (Lipinski definition) is 5. The van der Waals surface area contributed by atoms with Gasteiger partial charge in [-0.2, -0.15) is 0 Å². The van der Waals surface area contributed by atoms with Crippen molar-refractivity contribution in [2.24, 2.45) is 11.8 Å². The Labute approximate surface area is 187 Å². The molecule has 0 N–H and O–H groups in total. The van der Waals surface area contributed by atoms with Crippen molar-refractivity contribution < 1.29 is 22.7 Å². The maximum absolute atomic E-state index is 12.9. The first kappa shape index (κ1) is 24.3. The maximum Gasteiger partial charge on any atom is 0.410 e. The largest absolute Gasteiger partial charge is 0.449 e. The van der Waals surface area contributed by atoms with Gasteiger partial charge in [0, 0.05) is 25.8 Å². The van der Waals surface area contributed by atoms with E-state index in [0.29, 0.717) is 25.0 Å². The van der Waals surface area contributed by atoms with E-state index in [4.69, 9.17) is 4.74 Å². The number of carbonyl (C=O) groups is 2. The average Bonchev–Trinajstić information content (AvgIpc) is 2.72. The molecule has 7 nitrogen and oxygen atoms in total. The summed E-state index contributed by atoms with van der Waals surface area (Å²) < 4.78 is 29.4. The Hall–Kier alpha value is -1.31. The highest BCUT2D eigenvalue weighted by Gasteiger charge is 2.48. The number of sulfone groups is 1. The third kappa shape index (κ3) is 5.55. The summed E-state index contributed by atoms with van der Waals surface area (Å²) in [5, 5.41) is -0.200. The van der Waals surface area contributed by atoms with E-state index in [1.165, 1.54) is 6.26 Å². The van der Waals surface area contributed by atoms with Crippen molar-refractivity contribution in [1.29, 1.82) is 0 Å².